The van der Waals surface area contributed by atoms with Gasteiger partial charge in [0.15, 0.2) is 0 Å². The molecular weight excluding hydrogens is 528 g/mol. The molecule has 31 rings (SSSR count). The molecule has 0 saturated heterocycles. The summed E-state index contributed by atoms with van der Waals surface area (Å²) in [5.74, 6) is 27.7. The molecule has 40 atom stereocenters. The lowest BCUT2D eigenvalue weighted by Gasteiger charge is -3.65. The molecule has 0 N–H and O–H groups in total. The second-order valence-electron chi connectivity index (χ2n) is 28.3. The van der Waals surface area contributed by atoms with Crippen LogP contribution in [0.15, 0.2) is 0 Å². The van der Waals surface area contributed by atoms with Gasteiger partial charge in [-0.15, -0.1) is 0 Å². The van der Waals surface area contributed by atoms with Gasteiger partial charge in [0, 0.05) is 0 Å². The smallest absolute Gasteiger partial charge is 0.000395 e. The quantitative estimate of drug-likeness (QED) is 0.423. The van der Waals surface area contributed by atoms with E-state index < -0.39 is 0 Å². The first-order valence-corrected chi connectivity index (χ1v) is 21.9. The predicted octanol–water partition coefficient (Wildman–Crippen LogP) is 4.02. The second-order valence-corrected chi connectivity index (χ2v) is 28.3. The van der Waals surface area contributed by atoms with E-state index in [4.69, 9.17) is 0 Å². The van der Waals surface area contributed by atoms with Crippen LogP contribution in [0.2, 0.25) is 0 Å². The van der Waals surface area contributed by atoms with E-state index in [0.717, 1.165) is 108 Å². The van der Waals surface area contributed by atoms with Crippen molar-refractivity contribution in [3.63, 3.8) is 0 Å². The molecule has 44 heavy (non-hydrogen) atoms. The minimum atomic E-state index is 1.09. The topological polar surface area (TPSA) is 0 Å². The van der Waals surface area contributed by atoms with Crippen molar-refractivity contribution in [2.75, 3.05) is 0 Å². The zero-order chi connectivity index (χ0) is 24.4. The fraction of sp³-hybridized carbons (Fsp3) is 1.00. The van der Waals surface area contributed by atoms with Crippen molar-refractivity contribution >= 4 is 0 Å². The van der Waals surface area contributed by atoms with E-state index in [-0.39, 0.29) is 0 Å². The van der Waals surface area contributed by atoms with E-state index in [1.807, 2.05) is 25.7 Å². The molecule has 204 valence electrons. The summed E-state index contributed by atoms with van der Waals surface area (Å²) in [7, 11) is 0. The average Bonchev–Trinajstić information content (AvgIpc) is 3.15. The molecule has 0 amide bonds. The Morgan fingerprint density at radius 2 is 0.636 bits per heavy atom. The second kappa shape index (κ2) is 2.24. The Morgan fingerprint density at radius 1 is 0.250 bits per heavy atom. The monoisotopic (exact) mass is 556 g/mol. The highest BCUT2D eigenvalue weighted by Gasteiger charge is 3.67. The Balaban J connectivity index is 0.950. The van der Waals surface area contributed by atoms with Gasteiger partial charge in [-0.05, 0) is 252 Å². The van der Waals surface area contributed by atoms with E-state index in [2.05, 4.69) is 0 Å². The zero-order valence-corrected chi connectivity index (χ0v) is 24.4. The maximum Gasteiger partial charge on any atom is -0.000395 e. The van der Waals surface area contributed by atoms with Crippen molar-refractivity contribution in [3.05, 3.63) is 0 Å². The molecule has 31 saturated carbocycles. The number of fused-ring (bicyclic) bond motifs is 12. The predicted molar refractivity (Wildman–Crippen MR) is 137 cm³/mol. The highest BCUT2D eigenvalue weighted by Crippen LogP contribution is 3.68. The summed E-state index contributed by atoms with van der Waals surface area (Å²) in [5.41, 5.74) is 22.6. The fourth-order valence-electron chi connectivity index (χ4n) is 47.8. The van der Waals surface area contributed by atoms with Gasteiger partial charge < -0.3 is 0 Å². The molecule has 0 aromatic rings. The van der Waals surface area contributed by atoms with Gasteiger partial charge >= 0.3 is 0 Å². The molecule has 40 unspecified atom stereocenters. The van der Waals surface area contributed by atoms with Gasteiger partial charge in [0.25, 0.3) is 0 Å². The van der Waals surface area contributed by atoms with Crippen molar-refractivity contribution in [1.29, 1.82) is 0 Å². The van der Waals surface area contributed by atoms with Gasteiger partial charge in [-0.1, -0.05) is 0 Å². The zero-order valence-electron chi connectivity index (χ0n) is 24.4. The maximum atomic E-state index is 1.86. The highest BCUT2D eigenvalue weighted by molar-refractivity contribution is 6.11. The van der Waals surface area contributed by atoms with Gasteiger partial charge in [0.2, 0.25) is 0 Å². The van der Waals surface area contributed by atoms with Crippen molar-refractivity contribution < 1.29 is 0 Å². The summed E-state index contributed by atoms with van der Waals surface area (Å²) < 4.78 is 0. The molecule has 0 bridgehead atoms. The van der Waals surface area contributed by atoms with E-state index in [9.17, 15) is 0 Å². The molecule has 0 heteroatoms. The molecule has 0 heterocycles. The summed E-state index contributed by atoms with van der Waals surface area (Å²) in [5, 5.41) is 0. The van der Waals surface area contributed by atoms with E-state index in [1.165, 1.54) is 118 Å². The molecule has 0 aromatic carbocycles. The third-order valence-corrected chi connectivity index (χ3v) is 37.5. The lowest BCUT2D eigenvalue weighted by atomic mass is 8.37. The van der Waals surface area contributed by atoms with Crippen molar-refractivity contribution in [1.82, 2.24) is 0 Å². The van der Waals surface area contributed by atoms with Gasteiger partial charge in [-0.25, -0.2) is 0 Å². The third kappa shape index (κ3) is 0.318. The van der Waals surface area contributed by atoms with Crippen LogP contribution in [0.4, 0.5) is 0 Å². The van der Waals surface area contributed by atoms with Crippen molar-refractivity contribution in [3.8, 4) is 0 Å². The first-order chi connectivity index (χ1) is 21.9. The van der Waals surface area contributed by atoms with Crippen LogP contribution in [0.5, 0.6) is 0 Å². The Labute approximate surface area is 251 Å². The maximum absolute atomic E-state index is 1.86. The van der Waals surface area contributed by atoms with Gasteiger partial charge in [0.1, 0.15) is 0 Å². The number of rotatable bonds is 0. The molecule has 0 aliphatic heterocycles. The Morgan fingerprint density at radius 3 is 1.25 bits per heavy atom. The third-order valence-electron chi connectivity index (χ3n) is 37.5. The number of hydrogen-bond acceptors (Lipinski definition) is 0. The Kier molecular flexibility index (Phi) is 0.756. The van der Waals surface area contributed by atoms with Crippen LogP contribution >= 0.6 is 0 Å². The Hall–Kier alpha value is 0. The minimum absolute atomic E-state index is 1.09. The SMILES string of the molecule is C1C2CC3C4C5C6C7CC8C9C%10C%11CC%12C%13C%14C%15C%16C1C1C%17C%18C2C32C%183C%17%18C1%16C%151C%14%15C%13%14C%11%12C%10%11C9%10C87C67C56C42C32C%181C%151C%11%14C%107C621. The summed E-state index contributed by atoms with van der Waals surface area (Å²) >= 11 is 0. The lowest BCUT2D eigenvalue weighted by molar-refractivity contribution is -1.21. The van der Waals surface area contributed by atoms with Crippen LogP contribution in [0, 0.1) is 227 Å². The molecule has 31 fully saturated rings. The summed E-state index contributed by atoms with van der Waals surface area (Å²) in [6, 6.07) is 0. The van der Waals surface area contributed by atoms with Gasteiger partial charge in [0.05, 0.1) is 0 Å². The van der Waals surface area contributed by atoms with E-state index in [0.29, 0.717) is 0 Å². The van der Waals surface area contributed by atoms with Crippen molar-refractivity contribution in [2.24, 2.45) is 227 Å². The summed E-state index contributed by atoms with van der Waals surface area (Å²) in [6.07, 6.45) is 7.40. The molecule has 0 aromatic heterocycles. The summed E-state index contributed by atoms with van der Waals surface area (Å²) in [6.45, 7) is 0. The fourth-order valence-corrected chi connectivity index (χ4v) is 47.8. The first-order valence-electron chi connectivity index (χ1n) is 21.9. The van der Waals surface area contributed by atoms with Gasteiger partial charge in [-0.2, -0.15) is 0 Å². The lowest BCUT2D eigenvalue weighted by Crippen LogP contribution is -3.64. The molecular formula is C44H28. The van der Waals surface area contributed by atoms with Gasteiger partial charge in [-0.3, -0.25) is 0 Å². The normalized spacial score (nSPS) is 139. The van der Waals surface area contributed by atoms with Crippen LogP contribution in [0.3, 0.4) is 0 Å². The van der Waals surface area contributed by atoms with Crippen LogP contribution in [0.1, 0.15) is 25.7 Å². The largest absolute Gasteiger partial charge is 0.0467 e. The summed E-state index contributed by atoms with van der Waals surface area (Å²) in [4.78, 5) is 0. The van der Waals surface area contributed by atoms with Crippen LogP contribution < -0.4 is 0 Å². The average molecular weight is 557 g/mol. The molecule has 31 aliphatic rings. The Bertz CT molecular complexity index is 2770. The molecule has 0 nitrogen and oxygen atoms in total. The molecule has 20 spiro atoms. The number of hydrogen-bond donors (Lipinski definition) is 0. The van der Waals surface area contributed by atoms with E-state index in [1.54, 1.807) is 0 Å². The van der Waals surface area contributed by atoms with Crippen molar-refractivity contribution in [2.45, 2.75) is 25.7 Å². The molecule has 31 aliphatic carbocycles. The highest BCUT2D eigenvalue weighted by atomic mass is 15.7. The minimum Gasteiger partial charge on any atom is -0.0467 e. The molecule has 0 radical (unpaired) electrons. The van der Waals surface area contributed by atoms with Crippen LogP contribution in [0.25, 0.3) is 0 Å². The first kappa shape index (κ1) is 14.9. The van der Waals surface area contributed by atoms with E-state index >= 15 is 0 Å². The standard InChI is InChI=1S/C44H28/c1-5-2-7-17-23-18-10-3-8-15-16-9-4-11-19-24-22-14-6(1)13-21-20-12(5)27(7)33(17)37(23)31(18)25(8,10)29(15)30(16)26(9,11)32(19)38(24)36(22)28(13,14)35(21)34(20,27)41(33)42(35,36)44(38)40(30,32)39(29,31)43(37,41)44/h5-24H,1-4H2. The van der Waals surface area contributed by atoms with Crippen LogP contribution in [-0.2, 0) is 0 Å². The van der Waals surface area contributed by atoms with Crippen LogP contribution in [-0.4, -0.2) is 0 Å².